The Balaban J connectivity index is 1.48. The third-order valence-electron chi connectivity index (χ3n) is 5.17. The number of carbonyl (C=O) groups excluding carboxylic acids is 3. The quantitative estimate of drug-likeness (QED) is 0.562. The zero-order valence-corrected chi connectivity index (χ0v) is 18.9. The Kier molecular flexibility index (Phi) is 6.15. The second-order valence-corrected chi connectivity index (χ2v) is 9.24. The number of likely N-dealkylation sites (tertiary alicyclic amines) is 1. The molecule has 0 spiro atoms. The number of piperidine rings is 1. The minimum atomic E-state index is -0.454. The second kappa shape index (κ2) is 8.81. The molecule has 1 aromatic carbocycles. The van der Waals surface area contributed by atoms with Gasteiger partial charge in [0.2, 0.25) is 5.91 Å². The molecule has 0 N–H and O–H groups in total. The lowest BCUT2D eigenvalue weighted by Gasteiger charge is -2.27. The molecule has 2 saturated heterocycles. The summed E-state index contributed by atoms with van der Waals surface area (Å²) in [6.07, 6.45) is 4.59. The molecule has 2 aliphatic heterocycles. The van der Waals surface area contributed by atoms with Crippen LogP contribution < -0.4 is 0 Å². The summed E-state index contributed by atoms with van der Waals surface area (Å²) >= 11 is 4.38. The molecule has 0 unspecified atom stereocenters. The van der Waals surface area contributed by atoms with Gasteiger partial charge in [-0.25, -0.2) is 0 Å². The number of amides is 3. The zero-order chi connectivity index (χ0) is 21.3. The first-order valence-corrected chi connectivity index (χ1v) is 11.4. The van der Waals surface area contributed by atoms with E-state index in [2.05, 4.69) is 15.9 Å². The van der Waals surface area contributed by atoms with Crippen molar-refractivity contribution in [2.24, 2.45) is 0 Å². The number of carbonyl (C=O) groups is 3. The van der Waals surface area contributed by atoms with Crippen LogP contribution >= 0.6 is 27.7 Å². The van der Waals surface area contributed by atoms with Gasteiger partial charge in [-0.1, -0.05) is 22.0 Å². The maximum absolute atomic E-state index is 12.7. The fourth-order valence-electron chi connectivity index (χ4n) is 3.54. The Bertz CT molecular complexity index is 1040. The number of furan rings is 1. The largest absolute Gasteiger partial charge is 0.457 e. The van der Waals surface area contributed by atoms with E-state index in [4.69, 9.17) is 4.42 Å². The molecule has 3 amide bonds. The van der Waals surface area contributed by atoms with Crippen LogP contribution in [0, 0.1) is 6.92 Å². The maximum Gasteiger partial charge on any atom is 0.294 e. The van der Waals surface area contributed by atoms with E-state index in [1.807, 2.05) is 31.2 Å². The van der Waals surface area contributed by atoms with E-state index in [9.17, 15) is 14.4 Å². The van der Waals surface area contributed by atoms with Gasteiger partial charge in [-0.3, -0.25) is 19.3 Å². The van der Waals surface area contributed by atoms with Crippen LogP contribution in [0.1, 0.15) is 30.6 Å². The molecule has 0 atom stereocenters. The number of nitrogens with zero attached hydrogens (tertiary/aromatic N) is 2. The lowest BCUT2D eigenvalue weighted by molar-refractivity contribution is -0.136. The number of hydrogen-bond donors (Lipinski definition) is 0. The lowest BCUT2D eigenvalue weighted by atomic mass is 10.1. The minimum Gasteiger partial charge on any atom is -0.457 e. The Morgan fingerprint density at radius 1 is 1.17 bits per heavy atom. The molecule has 30 heavy (non-hydrogen) atoms. The molecular formula is C22H21BrN2O4S. The Morgan fingerprint density at radius 3 is 2.67 bits per heavy atom. The average molecular weight is 489 g/mol. The van der Waals surface area contributed by atoms with Crippen molar-refractivity contribution in [2.75, 3.05) is 19.6 Å². The van der Waals surface area contributed by atoms with E-state index >= 15 is 0 Å². The van der Waals surface area contributed by atoms with Gasteiger partial charge in [0, 0.05) is 29.2 Å². The SMILES string of the molecule is Cc1ccc(-c2ccc(/C=C3\SC(=O)N(CC(=O)N4CCCCC4)C3=O)o2)c(Br)c1. The highest BCUT2D eigenvalue weighted by Crippen LogP contribution is 2.35. The monoisotopic (exact) mass is 488 g/mol. The van der Waals surface area contributed by atoms with Crippen molar-refractivity contribution in [3.63, 3.8) is 0 Å². The van der Waals surface area contributed by atoms with Crippen molar-refractivity contribution in [1.82, 2.24) is 9.80 Å². The normalized spacial score (nSPS) is 18.5. The van der Waals surface area contributed by atoms with E-state index in [1.54, 1.807) is 17.0 Å². The first kappa shape index (κ1) is 20.9. The summed E-state index contributed by atoms with van der Waals surface area (Å²) in [5.74, 6) is 0.505. The fraction of sp³-hybridized carbons (Fsp3) is 0.318. The number of rotatable bonds is 4. The van der Waals surface area contributed by atoms with Crippen LogP contribution in [0.15, 0.2) is 44.1 Å². The van der Waals surface area contributed by atoms with Gasteiger partial charge in [0.25, 0.3) is 11.1 Å². The molecular weight excluding hydrogens is 468 g/mol. The molecule has 1 aromatic heterocycles. The number of halogens is 1. The molecule has 2 aliphatic rings. The van der Waals surface area contributed by atoms with Gasteiger partial charge in [-0.15, -0.1) is 0 Å². The van der Waals surface area contributed by atoms with Crippen molar-refractivity contribution in [3.05, 3.63) is 51.0 Å². The first-order valence-electron chi connectivity index (χ1n) is 9.82. The summed E-state index contributed by atoms with van der Waals surface area (Å²) < 4.78 is 6.79. The lowest BCUT2D eigenvalue weighted by Crippen LogP contribution is -2.44. The highest BCUT2D eigenvalue weighted by atomic mass is 79.9. The van der Waals surface area contributed by atoms with Crippen LogP contribution in [0.5, 0.6) is 0 Å². The Labute approximate surface area is 187 Å². The Hall–Kier alpha value is -2.32. The van der Waals surface area contributed by atoms with Gasteiger partial charge in [0.05, 0.1) is 4.91 Å². The summed E-state index contributed by atoms with van der Waals surface area (Å²) in [5.41, 5.74) is 2.03. The summed E-state index contributed by atoms with van der Waals surface area (Å²) in [6.45, 7) is 3.18. The van der Waals surface area contributed by atoms with Crippen LogP contribution in [0.25, 0.3) is 17.4 Å². The van der Waals surface area contributed by atoms with Crippen molar-refractivity contribution in [3.8, 4) is 11.3 Å². The summed E-state index contributed by atoms with van der Waals surface area (Å²) in [4.78, 5) is 40.5. The van der Waals surface area contributed by atoms with E-state index < -0.39 is 11.1 Å². The highest BCUT2D eigenvalue weighted by molar-refractivity contribution is 9.10. The molecule has 0 aliphatic carbocycles. The molecule has 8 heteroatoms. The summed E-state index contributed by atoms with van der Waals surface area (Å²) in [6, 6.07) is 9.54. The van der Waals surface area contributed by atoms with Gasteiger partial charge >= 0.3 is 0 Å². The van der Waals surface area contributed by atoms with Crippen LogP contribution in [0.3, 0.4) is 0 Å². The number of aryl methyl sites for hydroxylation is 1. The predicted molar refractivity (Wildman–Crippen MR) is 120 cm³/mol. The predicted octanol–water partition coefficient (Wildman–Crippen LogP) is 5.07. The summed E-state index contributed by atoms with van der Waals surface area (Å²) in [5, 5.41) is -0.426. The van der Waals surface area contributed by atoms with Crippen LogP contribution in [-0.2, 0) is 9.59 Å². The number of benzene rings is 1. The molecule has 0 radical (unpaired) electrons. The fourth-order valence-corrected chi connectivity index (χ4v) is 5.05. The zero-order valence-electron chi connectivity index (χ0n) is 16.5. The second-order valence-electron chi connectivity index (χ2n) is 7.39. The maximum atomic E-state index is 12.7. The van der Waals surface area contributed by atoms with Crippen molar-refractivity contribution < 1.29 is 18.8 Å². The molecule has 2 fully saturated rings. The van der Waals surface area contributed by atoms with E-state index in [0.29, 0.717) is 24.6 Å². The van der Waals surface area contributed by atoms with E-state index in [0.717, 1.165) is 51.5 Å². The molecule has 0 saturated carbocycles. The number of imide groups is 1. The smallest absolute Gasteiger partial charge is 0.294 e. The van der Waals surface area contributed by atoms with Crippen molar-refractivity contribution in [2.45, 2.75) is 26.2 Å². The minimum absolute atomic E-state index is 0.178. The van der Waals surface area contributed by atoms with Crippen molar-refractivity contribution in [1.29, 1.82) is 0 Å². The van der Waals surface area contributed by atoms with Gasteiger partial charge in [-0.05, 0) is 67.8 Å². The van der Waals surface area contributed by atoms with Crippen LogP contribution in [0.4, 0.5) is 4.79 Å². The van der Waals surface area contributed by atoms with Crippen LogP contribution in [-0.4, -0.2) is 46.5 Å². The van der Waals surface area contributed by atoms with E-state index in [-0.39, 0.29) is 17.4 Å². The number of thioether (sulfide) groups is 1. The van der Waals surface area contributed by atoms with Crippen LogP contribution in [0.2, 0.25) is 0 Å². The van der Waals surface area contributed by atoms with E-state index in [1.165, 1.54) is 0 Å². The molecule has 0 bridgehead atoms. The average Bonchev–Trinajstić information content (AvgIpc) is 3.29. The summed E-state index contributed by atoms with van der Waals surface area (Å²) in [7, 11) is 0. The first-order chi connectivity index (χ1) is 14.4. The molecule has 2 aromatic rings. The molecule has 6 nitrogen and oxygen atoms in total. The standard InChI is InChI=1S/C22H21BrN2O4S/c1-14-5-7-16(17(23)11-14)18-8-6-15(29-18)12-19-21(27)25(22(28)30-19)13-20(26)24-9-3-2-4-10-24/h5-8,11-12H,2-4,9-10,13H2,1H3/b19-12-. The van der Waals surface area contributed by atoms with Crippen molar-refractivity contribution >= 4 is 50.8 Å². The molecule has 156 valence electrons. The third-order valence-corrected chi connectivity index (χ3v) is 6.73. The topological polar surface area (TPSA) is 70.8 Å². The third kappa shape index (κ3) is 4.39. The van der Waals surface area contributed by atoms with Gasteiger partial charge < -0.3 is 9.32 Å². The highest BCUT2D eigenvalue weighted by Gasteiger charge is 2.37. The number of hydrogen-bond acceptors (Lipinski definition) is 5. The van der Waals surface area contributed by atoms with Gasteiger partial charge in [0.15, 0.2) is 0 Å². The van der Waals surface area contributed by atoms with Gasteiger partial charge in [-0.2, -0.15) is 0 Å². The van der Waals surface area contributed by atoms with Gasteiger partial charge in [0.1, 0.15) is 18.1 Å². The molecule has 4 rings (SSSR count). The Morgan fingerprint density at radius 2 is 1.93 bits per heavy atom. The molecule has 3 heterocycles.